The van der Waals surface area contributed by atoms with Crippen LogP contribution in [0.2, 0.25) is 0 Å². The van der Waals surface area contributed by atoms with Gasteiger partial charge in [0.05, 0.1) is 11.9 Å². The van der Waals surface area contributed by atoms with Crippen LogP contribution in [-0.4, -0.2) is 47.1 Å². The van der Waals surface area contributed by atoms with Gasteiger partial charge >= 0.3 is 23.1 Å². The molecule has 0 aliphatic heterocycles. The molecule has 7 heteroatoms. The Bertz CT molecular complexity index is 216. The van der Waals surface area contributed by atoms with Crippen LogP contribution in [0.25, 0.3) is 0 Å². The summed E-state index contributed by atoms with van der Waals surface area (Å²) in [6.07, 6.45) is 4.71. The second-order valence-electron chi connectivity index (χ2n) is 4.14. The maximum absolute atomic E-state index is 9.97. The van der Waals surface area contributed by atoms with E-state index in [1.807, 2.05) is 13.8 Å². The molecule has 0 aromatic carbocycles. The van der Waals surface area contributed by atoms with E-state index < -0.39 is 24.0 Å². The van der Waals surface area contributed by atoms with Gasteiger partial charge in [-0.1, -0.05) is 39.5 Å². The predicted molar refractivity (Wildman–Crippen MR) is 70.8 cm³/mol. The van der Waals surface area contributed by atoms with Crippen LogP contribution in [0.5, 0.6) is 0 Å². The van der Waals surface area contributed by atoms with Gasteiger partial charge in [0.15, 0.2) is 0 Å². The van der Waals surface area contributed by atoms with E-state index in [2.05, 4.69) is 0 Å². The Balaban J connectivity index is -0.000000256. The molecule has 19 heavy (non-hydrogen) atoms. The van der Waals surface area contributed by atoms with E-state index in [0.29, 0.717) is 12.8 Å². The van der Waals surface area contributed by atoms with Crippen LogP contribution in [0.3, 0.4) is 0 Å². The fraction of sp³-hybridized carbons (Fsp3) is 0.833. The summed E-state index contributed by atoms with van der Waals surface area (Å²) in [6, 6.07) is -1.55. The van der Waals surface area contributed by atoms with Gasteiger partial charge in [0.1, 0.15) is 0 Å². The van der Waals surface area contributed by atoms with Crippen LogP contribution in [0.4, 0.5) is 0 Å². The number of rotatable bonds is 8. The van der Waals surface area contributed by atoms with Crippen LogP contribution in [-0.2, 0) is 9.59 Å². The molecule has 0 fully saturated rings. The Hall–Kier alpha value is -0.374. The monoisotopic (exact) mass is 284 g/mol. The SMILES string of the molecule is CCCCC(N)C(=O)[O-].CCCCC(N)C(=O)[O-].[Mg+2]. The number of nitrogens with two attached hydrogens (primary N) is 2. The topological polar surface area (TPSA) is 132 Å². The fourth-order valence-corrected chi connectivity index (χ4v) is 1.08. The second-order valence-corrected chi connectivity index (χ2v) is 4.14. The van der Waals surface area contributed by atoms with Gasteiger partial charge in [0.25, 0.3) is 0 Å². The molecule has 0 heterocycles. The minimum atomic E-state index is -1.15. The van der Waals surface area contributed by atoms with E-state index in [1.54, 1.807) is 0 Å². The minimum absolute atomic E-state index is 0. The number of carbonyl (C=O) groups is 2. The van der Waals surface area contributed by atoms with Crippen LogP contribution < -0.4 is 21.7 Å². The van der Waals surface area contributed by atoms with Gasteiger partial charge in [-0.2, -0.15) is 0 Å². The number of carboxylic acids is 2. The van der Waals surface area contributed by atoms with Crippen molar-refractivity contribution in [2.24, 2.45) is 11.5 Å². The smallest absolute Gasteiger partial charge is 0.548 e. The molecule has 4 N–H and O–H groups in total. The van der Waals surface area contributed by atoms with Gasteiger partial charge in [-0.05, 0) is 12.8 Å². The summed E-state index contributed by atoms with van der Waals surface area (Å²) >= 11 is 0. The Morgan fingerprint density at radius 3 is 1.32 bits per heavy atom. The number of unbranched alkanes of at least 4 members (excludes halogenated alkanes) is 2. The normalized spacial score (nSPS) is 12.4. The maximum atomic E-state index is 9.97. The predicted octanol–water partition coefficient (Wildman–Crippen LogP) is -1.87. The maximum Gasteiger partial charge on any atom is 2.00 e. The molecule has 0 saturated heterocycles. The zero-order chi connectivity index (χ0) is 14.6. The molecule has 0 rings (SSSR count). The second kappa shape index (κ2) is 15.7. The molecule has 0 aliphatic rings. The minimum Gasteiger partial charge on any atom is -0.548 e. The van der Waals surface area contributed by atoms with E-state index in [-0.39, 0.29) is 23.1 Å². The van der Waals surface area contributed by atoms with Crippen molar-refractivity contribution in [3.63, 3.8) is 0 Å². The van der Waals surface area contributed by atoms with Crippen molar-refractivity contribution in [2.45, 2.75) is 64.5 Å². The molecule has 0 aromatic heterocycles. The largest absolute Gasteiger partial charge is 2.00 e. The van der Waals surface area contributed by atoms with Crippen molar-refractivity contribution in [3.05, 3.63) is 0 Å². The molecule has 0 amide bonds. The number of carbonyl (C=O) groups excluding carboxylic acids is 2. The first-order valence-electron chi connectivity index (χ1n) is 6.29. The average Bonchev–Trinajstić information content (AvgIpc) is 2.33. The summed E-state index contributed by atoms with van der Waals surface area (Å²) in [7, 11) is 0. The molecule has 2 atom stereocenters. The number of carboxylic acid groups (broad SMARTS) is 2. The third-order valence-corrected chi connectivity index (χ3v) is 2.34. The summed E-state index contributed by atoms with van der Waals surface area (Å²) in [5.41, 5.74) is 10.3. The van der Waals surface area contributed by atoms with Crippen molar-refractivity contribution in [2.75, 3.05) is 0 Å². The molecule has 0 bridgehead atoms. The van der Waals surface area contributed by atoms with E-state index in [9.17, 15) is 19.8 Å². The summed E-state index contributed by atoms with van der Waals surface area (Å²) < 4.78 is 0. The average molecular weight is 285 g/mol. The molecule has 108 valence electrons. The first kappa shape index (κ1) is 23.7. The van der Waals surface area contributed by atoms with Gasteiger partial charge in [-0.25, -0.2) is 0 Å². The Morgan fingerprint density at radius 2 is 1.16 bits per heavy atom. The third-order valence-electron chi connectivity index (χ3n) is 2.34. The van der Waals surface area contributed by atoms with E-state index >= 15 is 0 Å². The number of hydrogen-bond acceptors (Lipinski definition) is 6. The molecule has 0 aromatic rings. The molecule has 0 aliphatic carbocycles. The molecule has 0 saturated carbocycles. The number of aliphatic carboxylic acids is 2. The van der Waals surface area contributed by atoms with Gasteiger partial charge < -0.3 is 31.3 Å². The zero-order valence-electron chi connectivity index (χ0n) is 11.9. The van der Waals surface area contributed by atoms with Crippen LogP contribution >= 0.6 is 0 Å². The quantitative estimate of drug-likeness (QED) is 0.502. The first-order valence-corrected chi connectivity index (χ1v) is 6.29. The Labute approximate surface area is 131 Å². The number of hydrogen-bond donors (Lipinski definition) is 2. The van der Waals surface area contributed by atoms with Crippen molar-refractivity contribution in [3.8, 4) is 0 Å². The summed E-state index contributed by atoms with van der Waals surface area (Å²) in [5, 5.41) is 19.9. The van der Waals surface area contributed by atoms with Crippen molar-refractivity contribution in [1.82, 2.24) is 0 Å². The van der Waals surface area contributed by atoms with E-state index in [1.165, 1.54) is 0 Å². The Morgan fingerprint density at radius 1 is 0.895 bits per heavy atom. The summed E-state index contributed by atoms with van der Waals surface area (Å²) in [6.45, 7) is 3.98. The van der Waals surface area contributed by atoms with Gasteiger partial charge in [0, 0.05) is 12.1 Å². The van der Waals surface area contributed by atoms with Crippen LogP contribution in [0.1, 0.15) is 52.4 Å². The van der Waals surface area contributed by atoms with Crippen molar-refractivity contribution < 1.29 is 19.8 Å². The molecule has 6 nitrogen and oxygen atoms in total. The van der Waals surface area contributed by atoms with E-state index in [0.717, 1.165) is 25.7 Å². The van der Waals surface area contributed by atoms with Crippen molar-refractivity contribution in [1.29, 1.82) is 0 Å². The molecule has 0 radical (unpaired) electrons. The van der Waals surface area contributed by atoms with Gasteiger partial charge in [-0.3, -0.25) is 0 Å². The van der Waals surface area contributed by atoms with Crippen molar-refractivity contribution >= 4 is 35.0 Å². The summed E-state index contributed by atoms with van der Waals surface area (Å²) in [5.74, 6) is -2.30. The zero-order valence-corrected chi connectivity index (χ0v) is 13.3. The molecular weight excluding hydrogens is 260 g/mol. The van der Waals surface area contributed by atoms with E-state index in [4.69, 9.17) is 11.5 Å². The molecular formula is C12H24MgN2O4. The third kappa shape index (κ3) is 17.6. The van der Waals surface area contributed by atoms with Gasteiger partial charge in [-0.15, -0.1) is 0 Å². The molecule has 0 spiro atoms. The Kier molecular flexibility index (Phi) is 19.6. The summed E-state index contributed by atoms with van der Waals surface area (Å²) in [4.78, 5) is 19.9. The molecule has 2 unspecified atom stereocenters. The fourth-order valence-electron chi connectivity index (χ4n) is 1.08. The van der Waals surface area contributed by atoms with Gasteiger partial charge in [0.2, 0.25) is 0 Å². The van der Waals surface area contributed by atoms with Crippen LogP contribution in [0.15, 0.2) is 0 Å². The van der Waals surface area contributed by atoms with Crippen LogP contribution in [0, 0.1) is 0 Å². The standard InChI is InChI=1S/2C6H13NO2.Mg/c2*1-2-3-4-5(7)6(8)9;/h2*5H,2-4,7H2,1H3,(H,8,9);/q;;+2/p-2. The first-order chi connectivity index (χ1) is 8.36.